The van der Waals surface area contributed by atoms with E-state index in [1.807, 2.05) is 0 Å². The molecule has 8 nitrogen and oxygen atoms in total. The van der Waals surface area contributed by atoms with E-state index < -0.39 is 11.9 Å². The number of aryl methyl sites for hydroxylation is 1. The molecule has 2 aliphatic rings. The van der Waals surface area contributed by atoms with Crippen LogP contribution < -0.4 is 16.0 Å². The van der Waals surface area contributed by atoms with Crippen LogP contribution in [0.25, 0.3) is 0 Å². The number of benzene rings is 1. The van der Waals surface area contributed by atoms with Crippen molar-refractivity contribution in [2.24, 2.45) is 7.05 Å². The Balaban J connectivity index is 1.48. The maximum absolute atomic E-state index is 12.5. The highest BCUT2D eigenvalue weighted by molar-refractivity contribution is 7.98. The first-order valence-corrected chi connectivity index (χ1v) is 9.31. The van der Waals surface area contributed by atoms with Crippen LogP contribution >= 0.6 is 11.8 Å². The summed E-state index contributed by atoms with van der Waals surface area (Å²) >= 11 is 1.74. The minimum atomic E-state index is -0.939. The summed E-state index contributed by atoms with van der Waals surface area (Å²) in [4.78, 5) is 37.2. The van der Waals surface area contributed by atoms with Gasteiger partial charge >= 0.3 is 0 Å². The van der Waals surface area contributed by atoms with Crippen molar-refractivity contribution in [1.29, 1.82) is 0 Å². The Morgan fingerprint density at radius 2 is 2.15 bits per heavy atom. The number of amides is 3. The zero-order valence-corrected chi connectivity index (χ0v) is 14.9. The Morgan fingerprint density at radius 1 is 1.35 bits per heavy atom. The minimum absolute atomic E-state index is 0.154. The molecule has 26 heavy (non-hydrogen) atoms. The maximum Gasteiger partial charge on any atom is 0.254 e. The quantitative estimate of drug-likeness (QED) is 0.753. The van der Waals surface area contributed by atoms with E-state index in [1.165, 1.54) is 0 Å². The Hall–Kier alpha value is -2.81. The molecule has 0 bridgehead atoms. The van der Waals surface area contributed by atoms with Crippen LogP contribution in [0.4, 0.5) is 11.5 Å². The van der Waals surface area contributed by atoms with Crippen molar-refractivity contribution in [1.82, 2.24) is 15.1 Å². The number of hydrogen-bond donors (Lipinski definition) is 3. The minimum Gasteiger partial charge on any atom is -0.340 e. The number of nitrogens with zero attached hydrogens (tertiary/aromatic N) is 2. The van der Waals surface area contributed by atoms with Gasteiger partial charge in [-0.3, -0.25) is 19.1 Å². The molecule has 0 fully saturated rings. The average Bonchev–Trinajstić information content (AvgIpc) is 3.13. The highest BCUT2D eigenvalue weighted by atomic mass is 32.2. The van der Waals surface area contributed by atoms with Gasteiger partial charge in [-0.2, -0.15) is 16.9 Å². The molecule has 2 aromatic rings. The van der Waals surface area contributed by atoms with Gasteiger partial charge in [0, 0.05) is 24.1 Å². The molecule has 0 radical (unpaired) electrons. The van der Waals surface area contributed by atoms with Crippen LogP contribution in [0, 0.1) is 0 Å². The normalized spacial score (nSPS) is 18.4. The Kier molecular flexibility index (Phi) is 4.15. The smallest absolute Gasteiger partial charge is 0.254 e. The summed E-state index contributed by atoms with van der Waals surface area (Å²) in [5.74, 6) is 1.14. The highest BCUT2D eigenvalue weighted by Crippen LogP contribution is 2.34. The monoisotopic (exact) mass is 371 g/mol. The molecule has 0 saturated carbocycles. The predicted octanol–water partition coefficient (Wildman–Crippen LogP) is 1.25. The number of nitrogens with one attached hydrogen (secondary N) is 3. The van der Waals surface area contributed by atoms with E-state index >= 15 is 0 Å². The van der Waals surface area contributed by atoms with E-state index in [2.05, 4.69) is 21.0 Å². The third-order valence-corrected chi connectivity index (χ3v) is 5.38. The first-order chi connectivity index (χ1) is 12.5. The fraction of sp³-hybridized carbons (Fsp3) is 0.294. The Labute approximate surface area is 153 Å². The number of hydrogen-bond acceptors (Lipinski definition) is 5. The molecule has 134 valence electrons. The molecule has 1 aromatic heterocycles. The first kappa shape index (κ1) is 16.6. The molecular weight excluding hydrogens is 354 g/mol. The number of carbonyl (C=O) groups is 3. The molecule has 4 rings (SSSR count). The molecule has 1 atom stereocenters. The molecular formula is C17H17N5O3S. The van der Waals surface area contributed by atoms with Crippen molar-refractivity contribution in [3.8, 4) is 0 Å². The van der Waals surface area contributed by atoms with Gasteiger partial charge in [-0.25, -0.2) is 0 Å². The second-order valence-corrected chi connectivity index (χ2v) is 7.19. The zero-order valence-electron chi connectivity index (χ0n) is 14.0. The van der Waals surface area contributed by atoms with Gasteiger partial charge in [0.05, 0.1) is 23.4 Å². The van der Waals surface area contributed by atoms with Gasteiger partial charge in [-0.1, -0.05) is 12.1 Å². The van der Waals surface area contributed by atoms with Crippen LogP contribution in [0.3, 0.4) is 0 Å². The summed E-state index contributed by atoms with van der Waals surface area (Å²) in [6.45, 7) is 0. The van der Waals surface area contributed by atoms with E-state index in [-0.39, 0.29) is 18.2 Å². The van der Waals surface area contributed by atoms with Gasteiger partial charge < -0.3 is 16.0 Å². The predicted molar refractivity (Wildman–Crippen MR) is 97.8 cm³/mol. The number of aromatic nitrogens is 2. The van der Waals surface area contributed by atoms with Crippen molar-refractivity contribution in [2.75, 3.05) is 10.6 Å². The van der Waals surface area contributed by atoms with Crippen LogP contribution in [0.15, 0.2) is 24.3 Å². The zero-order chi connectivity index (χ0) is 18.3. The largest absolute Gasteiger partial charge is 0.340 e. The average molecular weight is 371 g/mol. The molecule has 3 heterocycles. The SMILES string of the molecule is Cn1nc2c(c1NC(=O)C[C@@H]1NC(=O)c3ccccc3NC1=O)CSC2. The highest BCUT2D eigenvalue weighted by Gasteiger charge is 2.30. The fourth-order valence-corrected chi connectivity index (χ4v) is 4.16. The van der Waals surface area contributed by atoms with Gasteiger partial charge in [0.25, 0.3) is 5.91 Å². The van der Waals surface area contributed by atoms with Crippen LogP contribution in [-0.2, 0) is 28.1 Å². The summed E-state index contributed by atoms with van der Waals surface area (Å²) in [5, 5.41) is 12.5. The summed E-state index contributed by atoms with van der Waals surface area (Å²) < 4.78 is 1.64. The maximum atomic E-state index is 12.5. The van der Waals surface area contributed by atoms with Gasteiger partial charge in [-0.05, 0) is 12.1 Å². The second kappa shape index (κ2) is 6.49. The van der Waals surface area contributed by atoms with Crippen molar-refractivity contribution in [3.05, 3.63) is 41.1 Å². The van der Waals surface area contributed by atoms with E-state index in [1.54, 1.807) is 47.8 Å². The number of carbonyl (C=O) groups excluding carboxylic acids is 3. The molecule has 0 unspecified atom stereocenters. The molecule has 2 aliphatic heterocycles. The summed E-state index contributed by atoms with van der Waals surface area (Å²) in [7, 11) is 1.77. The number of thioether (sulfide) groups is 1. The number of fused-ring (bicyclic) bond motifs is 2. The van der Waals surface area contributed by atoms with Crippen molar-refractivity contribution in [2.45, 2.75) is 24.0 Å². The van der Waals surface area contributed by atoms with Gasteiger partial charge in [0.1, 0.15) is 11.9 Å². The van der Waals surface area contributed by atoms with Crippen LogP contribution in [0.1, 0.15) is 28.0 Å². The molecule has 3 amide bonds. The lowest BCUT2D eigenvalue weighted by atomic mass is 10.1. The number of anilines is 2. The molecule has 0 saturated heterocycles. The standard InChI is InChI=1S/C17H17N5O3S/c1-22-15(10-7-26-8-13(10)21-22)20-14(23)6-12-17(25)18-11-5-3-2-4-9(11)16(24)19-12/h2-5,12H,6-8H2,1H3,(H,18,25)(H,19,24)(H,20,23)/t12-/m0/s1. The van der Waals surface area contributed by atoms with Crippen LogP contribution in [0.5, 0.6) is 0 Å². The van der Waals surface area contributed by atoms with Crippen LogP contribution in [-0.4, -0.2) is 33.5 Å². The third kappa shape index (κ3) is 2.94. The third-order valence-electron chi connectivity index (χ3n) is 4.41. The van der Waals surface area contributed by atoms with E-state index in [0.717, 1.165) is 22.8 Å². The second-order valence-electron chi connectivity index (χ2n) is 6.20. The van der Waals surface area contributed by atoms with Crippen molar-refractivity contribution >= 4 is 41.0 Å². The molecule has 1 aromatic carbocycles. The molecule has 0 spiro atoms. The number of para-hydroxylation sites is 1. The van der Waals surface area contributed by atoms with Gasteiger partial charge in [0.15, 0.2) is 0 Å². The summed E-state index contributed by atoms with van der Waals surface area (Å²) in [6.07, 6.45) is -0.154. The van der Waals surface area contributed by atoms with Crippen LogP contribution in [0.2, 0.25) is 0 Å². The summed E-state index contributed by atoms with van der Waals surface area (Å²) in [6, 6.07) is 5.81. The fourth-order valence-electron chi connectivity index (χ4n) is 3.12. The van der Waals surface area contributed by atoms with Gasteiger partial charge in [0.2, 0.25) is 11.8 Å². The Morgan fingerprint density at radius 3 is 3.00 bits per heavy atom. The lowest BCUT2D eigenvalue weighted by Gasteiger charge is -2.15. The van der Waals surface area contributed by atoms with Crippen molar-refractivity contribution < 1.29 is 14.4 Å². The molecule has 3 N–H and O–H groups in total. The summed E-state index contributed by atoms with van der Waals surface area (Å²) in [5.41, 5.74) is 2.82. The van der Waals surface area contributed by atoms with E-state index in [9.17, 15) is 14.4 Å². The first-order valence-electron chi connectivity index (χ1n) is 8.16. The number of rotatable bonds is 3. The topological polar surface area (TPSA) is 105 Å². The Bertz CT molecular complexity index is 923. The lowest BCUT2D eigenvalue weighted by molar-refractivity contribution is -0.122. The molecule has 9 heteroatoms. The van der Waals surface area contributed by atoms with Gasteiger partial charge in [-0.15, -0.1) is 0 Å². The van der Waals surface area contributed by atoms with E-state index in [4.69, 9.17) is 0 Å². The molecule has 0 aliphatic carbocycles. The lowest BCUT2D eigenvalue weighted by Crippen LogP contribution is -2.43. The van der Waals surface area contributed by atoms with Crippen molar-refractivity contribution in [3.63, 3.8) is 0 Å². The van der Waals surface area contributed by atoms with E-state index in [0.29, 0.717) is 17.1 Å².